The Morgan fingerprint density at radius 1 is 1.14 bits per heavy atom. The number of nitrogens with zero attached hydrogens (tertiary/aromatic N) is 5. The molecule has 28 heavy (non-hydrogen) atoms. The molecule has 0 saturated carbocycles. The number of aryl methyl sites for hydroxylation is 3. The number of aromatic nitrogens is 5. The Morgan fingerprint density at radius 3 is 2.54 bits per heavy atom. The summed E-state index contributed by atoms with van der Waals surface area (Å²) in [7, 11) is 0. The lowest BCUT2D eigenvalue weighted by atomic mass is 10.1. The van der Waals surface area contributed by atoms with Gasteiger partial charge in [0.25, 0.3) is 5.56 Å². The predicted molar refractivity (Wildman–Crippen MR) is 112 cm³/mol. The Balaban J connectivity index is 1.56. The summed E-state index contributed by atoms with van der Waals surface area (Å²) in [5.41, 5.74) is 4.90. The standard InChI is InChI=1S/C20H22N6OS/c1-5-16-11-18(27)26-20(22-16)28-19(24-26)21-14(4)15-6-8-17(9-7-15)25-13(3)10-12(2)23-25/h6-11,14H,5H2,1-4H3,(H,21,24). The maximum atomic E-state index is 12.2. The van der Waals surface area contributed by atoms with Gasteiger partial charge in [-0.1, -0.05) is 30.4 Å². The normalized spacial score (nSPS) is 12.4. The Kier molecular flexibility index (Phi) is 4.72. The van der Waals surface area contributed by atoms with E-state index >= 15 is 0 Å². The molecule has 4 aromatic rings. The summed E-state index contributed by atoms with van der Waals surface area (Å²) in [6.07, 6.45) is 0.727. The van der Waals surface area contributed by atoms with Crippen LogP contribution >= 0.6 is 11.3 Å². The molecule has 4 rings (SSSR count). The Bertz CT molecular complexity index is 1190. The summed E-state index contributed by atoms with van der Waals surface area (Å²) in [6, 6.07) is 11.9. The van der Waals surface area contributed by atoms with Crippen molar-refractivity contribution in [2.45, 2.75) is 40.2 Å². The average molecular weight is 395 g/mol. The van der Waals surface area contributed by atoms with Gasteiger partial charge in [-0.2, -0.15) is 9.61 Å². The molecule has 7 nitrogen and oxygen atoms in total. The summed E-state index contributed by atoms with van der Waals surface area (Å²) in [5.74, 6) is 0. The van der Waals surface area contributed by atoms with Crippen LogP contribution in [0.1, 0.15) is 42.5 Å². The summed E-state index contributed by atoms with van der Waals surface area (Å²) in [4.78, 5) is 17.3. The van der Waals surface area contributed by atoms with Gasteiger partial charge in [-0.05, 0) is 51.0 Å². The van der Waals surface area contributed by atoms with E-state index < -0.39 is 0 Å². The van der Waals surface area contributed by atoms with Crippen molar-refractivity contribution in [2.24, 2.45) is 0 Å². The molecule has 1 N–H and O–H groups in total. The number of benzene rings is 1. The fourth-order valence-corrected chi connectivity index (χ4v) is 4.07. The summed E-state index contributed by atoms with van der Waals surface area (Å²) in [6.45, 7) is 8.09. The fraction of sp³-hybridized carbons (Fsp3) is 0.300. The van der Waals surface area contributed by atoms with Crippen LogP contribution in [0.4, 0.5) is 5.13 Å². The Hall–Kier alpha value is -3.00. The second-order valence-electron chi connectivity index (χ2n) is 6.84. The molecule has 0 aliphatic carbocycles. The number of fused-ring (bicyclic) bond motifs is 1. The maximum Gasteiger partial charge on any atom is 0.275 e. The van der Waals surface area contributed by atoms with Crippen LogP contribution in [0.2, 0.25) is 0 Å². The number of hydrogen-bond acceptors (Lipinski definition) is 6. The number of rotatable bonds is 5. The molecule has 1 unspecified atom stereocenters. The highest BCUT2D eigenvalue weighted by atomic mass is 32.1. The Labute approximate surface area is 166 Å². The van der Waals surface area contributed by atoms with Crippen LogP contribution in [0.15, 0.2) is 41.2 Å². The van der Waals surface area contributed by atoms with Gasteiger partial charge in [-0.25, -0.2) is 9.67 Å². The quantitative estimate of drug-likeness (QED) is 0.559. The molecular weight excluding hydrogens is 372 g/mol. The van der Waals surface area contributed by atoms with Crippen molar-refractivity contribution in [2.75, 3.05) is 5.32 Å². The third-order valence-corrected chi connectivity index (χ3v) is 5.49. The minimum absolute atomic E-state index is 0.0383. The van der Waals surface area contributed by atoms with E-state index in [-0.39, 0.29) is 11.6 Å². The van der Waals surface area contributed by atoms with E-state index in [1.165, 1.54) is 21.9 Å². The molecule has 0 bridgehead atoms. The largest absolute Gasteiger partial charge is 0.354 e. The topological polar surface area (TPSA) is 77.1 Å². The molecule has 0 aliphatic heterocycles. The molecule has 1 aromatic carbocycles. The van der Waals surface area contributed by atoms with Crippen LogP contribution in [0.5, 0.6) is 0 Å². The van der Waals surface area contributed by atoms with Gasteiger partial charge in [0.05, 0.1) is 17.4 Å². The minimum Gasteiger partial charge on any atom is -0.354 e. The summed E-state index contributed by atoms with van der Waals surface area (Å²) in [5, 5.41) is 12.9. The predicted octanol–water partition coefficient (Wildman–Crippen LogP) is 3.69. The van der Waals surface area contributed by atoms with Gasteiger partial charge in [0.1, 0.15) is 0 Å². The molecule has 0 spiro atoms. The van der Waals surface area contributed by atoms with Crippen LogP contribution < -0.4 is 10.9 Å². The van der Waals surface area contributed by atoms with Gasteiger partial charge in [0.15, 0.2) is 0 Å². The van der Waals surface area contributed by atoms with Crippen LogP contribution in [-0.4, -0.2) is 24.4 Å². The van der Waals surface area contributed by atoms with Crippen LogP contribution in [0.3, 0.4) is 0 Å². The smallest absolute Gasteiger partial charge is 0.275 e. The van der Waals surface area contributed by atoms with E-state index in [1.807, 2.05) is 25.5 Å². The molecule has 0 fully saturated rings. The lowest BCUT2D eigenvalue weighted by molar-refractivity contribution is 0.824. The molecule has 1 atom stereocenters. The SMILES string of the molecule is CCc1cc(=O)n2nc(NC(C)c3ccc(-n4nc(C)cc4C)cc3)sc2n1. The molecule has 0 amide bonds. The third kappa shape index (κ3) is 3.43. The monoisotopic (exact) mass is 394 g/mol. The van der Waals surface area contributed by atoms with Crippen LogP contribution in [0, 0.1) is 13.8 Å². The lowest BCUT2D eigenvalue weighted by Crippen LogP contribution is -2.15. The van der Waals surface area contributed by atoms with Crippen LogP contribution in [0.25, 0.3) is 10.6 Å². The van der Waals surface area contributed by atoms with E-state index in [4.69, 9.17) is 0 Å². The first kappa shape index (κ1) is 18.4. The van der Waals surface area contributed by atoms with Crippen molar-refractivity contribution in [1.82, 2.24) is 24.4 Å². The highest BCUT2D eigenvalue weighted by Gasteiger charge is 2.12. The van der Waals surface area contributed by atoms with Crippen molar-refractivity contribution in [1.29, 1.82) is 0 Å². The molecule has 144 valence electrons. The zero-order valence-electron chi connectivity index (χ0n) is 16.3. The number of hydrogen-bond donors (Lipinski definition) is 1. The van der Waals surface area contributed by atoms with Crippen molar-refractivity contribution in [3.8, 4) is 5.69 Å². The van der Waals surface area contributed by atoms with Gasteiger partial charge in [-0.3, -0.25) is 4.79 Å². The zero-order valence-corrected chi connectivity index (χ0v) is 17.1. The first-order chi connectivity index (χ1) is 13.4. The second-order valence-corrected chi connectivity index (χ2v) is 7.79. The van der Waals surface area contributed by atoms with Crippen molar-refractivity contribution in [3.63, 3.8) is 0 Å². The van der Waals surface area contributed by atoms with E-state index in [2.05, 4.69) is 57.8 Å². The summed E-state index contributed by atoms with van der Waals surface area (Å²) < 4.78 is 3.29. The van der Waals surface area contributed by atoms with E-state index in [9.17, 15) is 4.79 Å². The second kappa shape index (κ2) is 7.20. The highest BCUT2D eigenvalue weighted by molar-refractivity contribution is 7.20. The van der Waals surface area contributed by atoms with Crippen molar-refractivity contribution >= 4 is 21.4 Å². The number of nitrogens with one attached hydrogen (secondary N) is 1. The minimum atomic E-state index is -0.145. The molecular formula is C20H22N6OS. The lowest BCUT2D eigenvalue weighted by Gasteiger charge is -2.14. The molecule has 3 heterocycles. The van der Waals surface area contributed by atoms with Gasteiger partial charge < -0.3 is 5.32 Å². The molecule has 3 aromatic heterocycles. The maximum absolute atomic E-state index is 12.2. The molecule has 0 aliphatic rings. The first-order valence-corrected chi connectivity index (χ1v) is 10.1. The van der Waals surface area contributed by atoms with Crippen LogP contribution in [-0.2, 0) is 6.42 Å². The molecule has 0 radical (unpaired) electrons. The third-order valence-electron chi connectivity index (χ3n) is 4.65. The molecule has 0 saturated heterocycles. The zero-order chi connectivity index (χ0) is 19.8. The van der Waals surface area contributed by atoms with E-state index in [0.717, 1.165) is 34.8 Å². The Morgan fingerprint density at radius 2 is 1.89 bits per heavy atom. The first-order valence-electron chi connectivity index (χ1n) is 9.24. The van der Waals surface area contributed by atoms with Crippen molar-refractivity contribution in [3.05, 3.63) is 69.4 Å². The van der Waals surface area contributed by atoms with E-state index in [0.29, 0.717) is 10.1 Å². The van der Waals surface area contributed by atoms with Gasteiger partial charge in [0.2, 0.25) is 10.1 Å². The summed E-state index contributed by atoms with van der Waals surface area (Å²) >= 11 is 1.38. The van der Waals surface area contributed by atoms with Gasteiger partial charge >= 0.3 is 0 Å². The van der Waals surface area contributed by atoms with E-state index in [1.54, 1.807) is 0 Å². The van der Waals surface area contributed by atoms with Gasteiger partial charge in [0, 0.05) is 17.5 Å². The highest BCUT2D eigenvalue weighted by Crippen LogP contribution is 2.24. The number of anilines is 1. The average Bonchev–Trinajstić information content (AvgIpc) is 3.24. The van der Waals surface area contributed by atoms with Gasteiger partial charge in [-0.15, -0.1) is 5.10 Å². The van der Waals surface area contributed by atoms with Crippen molar-refractivity contribution < 1.29 is 0 Å². The molecule has 8 heteroatoms. The fourth-order valence-electron chi connectivity index (χ4n) is 3.16.